The zero-order chi connectivity index (χ0) is 14.4. The van der Waals surface area contributed by atoms with Gasteiger partial charge in [0.1, 0.15) is 0 Å². The van der Waals surface area contributed by atoms with Crippen molar-refractivity contribution < 1.29 is 14.6 Å². The first-order valence-corrected chi connectivity index (χ1v) is 6.84. The summed E-state index contributed by atoms with van der Waals surface area (Å²) < 4.78 is 5.54. The van der Waals surface area contributed by atoms with Gasteiger partial charge in [0.05, 0.1) is 30.3 Å². The van der Waals surface area contributed by atoms with E-state index in [0.29, 0.717) is 37.6 Å². The predicted octanol–water partition coefficient (Wildman–Crippen LogP) is -0.797. The maximum atomic E-state index is 12.0. The second-order valence-corrected chi connectivity index (χ2v) is 5.50. The third-order valence-electron chi connectivity index (χ3n) is 3.08. The number of likely N-dealkylation sites (N-methyl/N-ethyl adjacent to an activating group) is 1. The van der Waals surface area contributed by atoms with Gasteiger partial charge in [-0.15, -0.1) is 0 Å². The minimum Gasteiger partial charge on any atom is -0.394 e. The molecule has 1 fully saturated rings. The van der Waals surface area contributed by atoms with Crippen molar-refractivity contribution in [2.24, 2.45) is 5.73 Å². The van der Waals surface area contributed by atoms with Crippen LogP contribution in [0.4, 0.5) is 0 Å². The topological polar surface area (TPSA) is 79.0 Å². The van der Waals surface area contributed by atoms with Crippen LogP contribution in [0, 0.1) is 0 Å². The van der Waals surface area contributed by atoms with Gasteiger partial charge >= 0.3 is 0 Å². The van der Waals surface area contributed by atoms with Crippen molar-refractivity contribution in [1.29, 1.82) is 0 Å². The summed E-state index contributed by atoms with van der Waals surface area (Å²) in [6.07, 6.45) is 0.357. The van der Waals surface area contributed by atoms with Crippen LogP contribution in [0.2, 0.25) is 0 Å². The number of nitrogens with zero attached hydrogens (tertiary/aromatic N) is 2. The number of aliphatic hydroxyl groups excluding tert-OH is 1. The Morgan fingerprint density at radius 2 is 2.26 bits per heavy atom. The second-order valence-electron chi connectivity index (χ2n) is 4.98. The molecule has 0 aliphatic carbocycles. The molecule has 1 rings (SSSR count). The molecule has 0 aromatic carbocycles. The summed E-state index contributed by atoms with van der Waals surface area (Å²) in [4.78, 5) is 16.1. The highest BCUT2D eigenvalue weighted by atomic mass is 32.1. The lowest BCUT2D eigenvalue weighted by atomic mass is 10.2. The van der Waals surface area contributed by atoms with Crippen LogP contribution in [0.1, 0.15) is 13.3 Å². The third-order valence-corrected chi connectivity index (χ3v) is 3.29. The summed E-state index contributed by atoms with van der Waals surface area (Å²) in [6, 6.07) is 0. The Hall–Kier alpha value is -0.760. The molecule has 2 atom stereocenters. The Bertz CT molecular complexity index is 327. The monoisotopic (exact) mass is 289 g/mol. The van der Waals surface area contributed by atoms with Crippen LogP contribution in [0.25, 0.3) is 0 Å². The van der Waals surface area contributed by atoms with Crippen molar-refractivity contribution in [3.8, 4) is 0 Å². The number of hydrogen-bond acceptors (Lipinski definition) is 5. The average molecular weight is 289 g/mol. The lowest BCUT2D eigenvalue weighted by molar-refractivity contribution is -0.136. The summed E-state index contributed by atoms with van der Waals surface area (Å²) in [5, 5.41) is 9.14. The van der Waals surface area contributed by atoms with Gasteiger partial charge in [0.2, 0.25) is 5.91 Å². The Morgan fingerprint density at radius 1 is 1.58 bits per heavy atom. The molecule has 0 bridgehead atoms. The van der Waals surface area contributed by atoms with Gasteiger partial charge in [0, 0.05) is 33.1 Å². The molecule has 1 amide bonds. The fraction of sp³-hybridized carbons (Fsp3) is 0.833. The van der Waals surface area contributed by atoms with E-state index in [1.54, 1.807) is 11.9 Å². The van der Waals surface area contributed by atoms with Crippen LogP contribution < -0.4 is 5.73 Å². The molecule has 0 radical (unpaired) electrons. The van der Waals surface area contributed by atoms with Crippen LogP contribution in [-0.2, 0) is 9.53 Å². The summed E-state index contributed by atoms with van der Waals surface area (Å²) in [6.45, 7) is 4.07. The fourth-order valence-corrected chi connectivity index (χ4v) is 2.18. The molecule has 0 saturated carbocycles. The predicted molar refractivity (Wildman–Crippen MR) is 76.9 cm³/mol. The van der Waals surface area contributed by atoms with E-state index < -0.39 is 0 Å². The van der Waals surface area contributed by atoms with Crippen LogP contribution >= 0.6 is 12.2 Å². The maximum absolute atomic E-state index is 12.0. The van der Waals surface area contributed by atoms with Crippen molar-refractivity contribution >= 4 is 23.1 Å². The minimum absolute atomic E-state index is 0.0215. The number of aliphatic hydroxyl groups is 1. The smallest absolute Gasteiger partial charge is 0.236 e. The van der Waals surface area contributed by atoms with E-state index in [0.717, 1.165) is 0 Å². The van der Waals surface area contributed by atoms with Gasteiger partial charge in [-0.25, -0.2) is 0 Å². The summed E-state index contributed by atoms with van der Waals surface area (Å²) >= 11 is 4.79. The summed E-state index contributed by atoms with van der Waals surface area (Å²) in [5.74, 6) is 0.0297. The number of nitrogens with two attached hydrogens (primary N) is 1. The molecule has 7 heteroatoms. The highest BCUT2D eigenvalue weighted by molar-refractivity contribution is 7.80. The Balaban J connectivity index is 2.40. The SMILES string of the molecule is CC1CN(CC(=O)N(C)CCC(N)=S)CC(CO)O1. The molecule has 1 aliphatic rings. The number of amides is 1. The Kier molecular flexibility index (Phi) is 6.64. The highest BCUT2D eigenvalue weighted by Gasteiger charge is 2.26. The third kappa shape index (κ3) is 5.82. The number of carbonyl (C=O) groups excluding carboxylic acids is 1. The van der Waals surface area contributed by atoms with E-state index in [2.05, 4.69) is 0 Å². The van der Waals surface area contributed by atoms with E-state index in [4.69, 9.17) is 27.8 Å². The number of ether oxygens (including phenoxy) is 1. The maximum Gasteiger partial charge on any atom is 0.236 e. The number of rotatable bonds is 6. The second kappa shape index (κ2) is 7.74. The molecule has 1 saturated heterocycles. The number of hydrogen-bond donors (Lipinski definition) is 2. The van der Waals surface area contributed by atoms with Crippen LogP contribution in [0.15, 0.2) is 0 Å². The number of thiocarbonyl (C=S) groups is 1. The first-order valence-electron chi connectivity index (χ1n) is 6.43. The molecule has 0 spiro atoms. The van der Waals surface area contributed by atoms with Gasteiger partial charge in [-0.2, -0.15) is 0 Å². The number of carbonyl (C=O) groups is 1. The molecule has 0 aromatic heterocycles. The van der Waals surface area contributed by atoms with Gasteiger partial charge < -0.3 is 20.5 Å². The standard InChI is InChI=1S/C12H23N3O3S/c1-9-5-15(6-10(8-16)18-9)7-12(17)14(2)4-3-11(13)19/h9-10,16H,3-8H2,1-2H3,(H2,13,19). The van der Waals surface area contributed by atoms with Crippen LogP contribution in [-0.4, -0.2) is 77.8 Å². The van der Waals surface area contributed by atoms with Crippen molar-refractivity contribution in [2.75, 3.05) is 39.8 Å². The Labute approximate surface area is 119 Å². The highest BCUT2D eigenvalue weighted by Crippen LogP contribution is 2.10. The van der Waals surface area contributed by atoms with E-state index >= 15 is 0 Å². The van der Waals surface area contributed by atoms with Gasteiger partial charge in [-0.05, 0) is 6.92 Å². The van der Waals surface area contributed by atoms with Gasteiger partial charge in [0.25, 0.3) is 0 Å². The van der Waals surface area contributed by atoms with Crippen molar-refractivity contribution in [2.45, 2.75) is 25.6 Å². The van der Waals surface area contributed by atoms with Crippen LogP contribution in [0.5, 0.6) is 0 Å². The van der Waals surface area contributed by atoms with E-state index in [1.807, 2.05) is 11.8 Å². The van der Waals surface area contributed by atoms with Crippen molar-refractivity contribution in [3.05, 3.63) is 0 Å². The minimum atomic E-state index is -0.210. The van der Waals surface area contributed by atoms with Gasteiger partial charge in [-0.1, -0.05) is 12.2 Å². The van der Waals surface area contributed by atoms with Gasteiger partial charge in [-0.3, -0.25) is 9.69 Å². The zero-order valence-corrected chi connectivity index (χ0v) is 12.4. The molecular formula is C12H23N3O3S. The first-order chi connectivity index (χ1) is 8.92. The van der Waals surface area contributed by atoms with E-state index in [1.165, 1.54) is 0 Å². The molecule has 19 heavy (non-hydrogen) atoms. The quantitative estimate of drug-likeness (QED) is 0.624. The summed E-state index contributed by atoms with van der Waals surface area (Å²) in [5.41, 5.74) is 5.42. The first kappa shape index (κ1) is 16.3. The van der Waals surface area contributed by atoms with E-state index in [-0.39, 0.29) is 24.7 Å². The Morgan fingerprint density at radius 3 is 2.84 bits per heavy atom. The molecular weight excluding hydrogens is 266 g/mol. The van der Waals surface area contributed by atoms with Crippen LogP contribution in [0.3, 0.4) is 0 Å². The normalized spacial score (nSPS) is 24.2. The molecule has 1 heterocycles. The largest absolute Gasteiger partial charge is 0.394 e. The van der Waals surface area contributed by atoms with E-state index in [9.17, 15) is 4.79 Å². The lowest BCUT2D eigenvalue weighted by Crippen LogP contribution is -2.51. The fourth-order valence-electron chi connectivity index (χ4n) is 2.09. The zero-order valence-electron chi connectivity index (χ0n) is 11.5. The number of morpholine rings is 1. The summed E-state index contributed by atoms with van der Waals surface area (Å²) in [7, 11) is 1.74. The molecule has 110 valence electrons. The van der Waals surface area contributed by atoms with Crippen molar-refractivity contribution in [3.63, 3.8) is 0 Å². The average Bonchev–Trinajstić information content (AvgIpc) is 2.34. The lowest BCUT2D eigenvalue weighted by Gasteiger charge is -2.36. The molecule has 6 nitrogen and oxygen atoms in total. The molecule has 1 aliphatic heterocycles. The molecule has 2 unspecified atom stereocenters. The van der Waals surface area contributed by atoms with Crippen molar-refractivity contribution in [1.82, 2.24) is 9.80 Å². The molecule has 0 aromatic rings. The molecule has 3 N–H and O–H groups in total. The van der Waals surface area contributed by atoms with Gasteiger partial charge in [0.15, 0.2) is 0 Å².